The Labute approximate surface area is 103 Å². The first kappa shape index (κ1) is 11.0. The normalized spacial score (nSPS) is 29.4. The number of aromatic nitrogens is 1. The number of pyridine rings is 1. The van der Waals surface area contributed by atoms with Gasteiger partial charge in [-0.05, 0) is 43.7 Å². The van der Waals surface area contributed by atoms with Crippen LogP contribution < -0.4 is 10.6 Å². The molecule has 1 saturated heterocycles. The average Bonchev–Trinajstić information content (AvgIpc) is 2.89. The van der Waals surface area contributed by atoms with Crippen LogP contribution >= 0.6 is 0 Å². The molecule has 92 valence electrons. The molecule has 3 atom stereocenters. The Hall–Kier alpha value is -1.09. The Bertz CT molecular complexity index is 373. The molecule has 0 radical (unpaired) electrons. The van der Waals surface area contributed by atoms with Gasteiger partial charge in [0.15, 0.2) is 0 Å². The summed E-state index contributed by atoms with van der Waals surface area (Å²) in [5.41, 5.74) is 8.06. The Morgan fingerprint density at radius 3 is 2.53 bits per heavy atom. The topological polar surface area (TPSA) is 42.1 Å². The lowest BCUT2D eigenvalue weighted by Crippen LogP contribution is -2.21. The first-order valence-electron chi connectivity index (χ1n) is 6.70. The van der Waals surface area contributed by atoms with Gasteiger partial charge in [-0.25, -0.2) is 0 Å². The molecule has 1 aliphatic carbocycles. The van der Waals surface area contributed by atoms with Crippen molar-refractivity contribution >= 4 is 5.69 Å². The highest BCUT2D eigenvalue weighted by atomic mass is 15.2. The molecule has 1 aliphatic heterocycles. The number of fused-ring (bicyclic) bond motifs is 1. The second-order valence-corrected chi connectivity index (χ2v) is 5.59. The fourth-order valence-electron chi connectivity index (χ4n) is 3.30. The number of hydrogen-bond donors (Lipinski definition) is 1. The summed E-state index contributed by atoms with van der Waals surface area (Å²) in [4.78, 5) is 6.94. The van der Waals surface area contributed by atoms with E-state index in [4.69, 9.17) is 5.73 Å². The van der Waals surface area contributed by atoms with Crippen molar-refractivity contribution in [2.75, 3.05) is 18.0 Å². The third kappa shape index (κ3) is 2.04. The second kappa shape index (κ2) is 4.30. The molecule has 0 spiro atoms. The summed E-state index contributed by atoms with van der Waals surface area (Å²) in [5.74, 6) is 1.87. The van der Waals surface area contributed by atoms with Crippen LogP contribution in [-0.4, -0.2) is 18.1 Å². The van der Waals surface area contributed by atoms with Gasteiger partial charge in [0.2, 0.25) is 0 Å². The van der Waals surface area contributed by atoms with Crippen LogP contribution in [0.4, 0.5) is 5.69 Å². The monoisotopic (exact) mass is 231 g/mol. The lowest BCUT2D eigenvalue weighted by molar-refractivity contribution is 0.494. The van der Waals surface area contributed by atoms with Crippen LogP contribution in [0.3, 0.4) is 0 Å². The minimum Gasteiger partial charge on any atom is -0.370 e. The zero-order chi connectivity index (χ0) is 11.8. The van der Waals surface area contributed by atoms with E-state index in [1.54, 1.807) is 0 Å². The van der Waals surface area contributed by atoms with Gasteiger partial charge in [-0.3, -0.25) is 4.98 Å². The van der Waals surface area contributed by atoms with Gasteiger partial charge < -0.3 is 10.6 Å². The Balaban J connectivity index is 1.73. The molecular weight excluding hydrogens is 210 g/mol. The van der Waals surface area contributed by atoms with Crippen LogP contribution in [0.1, 0.15) is 37.9 Å². The largest absolute Gasteiger partial charge is 0.370 e. The van der Waals surface area contributed by atoms with Crippen molar-refractivity contribution in [3.63, 3.8) is 0 Å². The van der Waals surface area contributed by atoms with Crippen LogP contribution in [0.5, 0.6) is 0 Å². The van der Waals surface area contributed by atoms with Gasteiger partial charge in [-0.2, -0.15) is 0 Å². The lowest BCUT2D eigenvalue weighted by atomic mass is 10.0. The zero-order valence-corrected chi connectivity index (χ0v) is 10.5. The van der Waals surface area contributed by atoms with Crippen molar-refractivity contribution in [1.82, 2.24) is 4.98 Å². The van der Waals surface area contributed by atoms with E-state index >= 15 is 0 Å². The first-order valence-corrected chi connectivity index (χ1v) is 6.70. The van der Waals surface area contributed by atoms with Crippen LogP contribution in [0.15, 0.2) is 18.3 Å². The predicted octanol–water partition coefficient (Wildman–Crippen LogP) is 2.34. The number of nitrogens with two attached hydrogens (primary N) is 1. The maximum atomic E-state index is 5.82. The van der Waals surface area contributed by atoms with Gasteiger partial charge in [-0.15, -0.1) is 0 Å². The maximum Gasteiger partial charge on any atom is 0.0569 e. The molecule has 2 fully saturated rings. The van der Waals surface area contributed by atoms with Gasteiger partial charge in [0.1, 0.15) is 0 Å². The molecule has 3 unspecified atom stereocenters. The molecule has 17 heavy (non-hydrogen) atoms. The highest BCUT2D eigenvalue weighted by Gasteiger charge is 2.36. The summed E-state index contributed by atoms with van der Waals surface area (Å²) in [5, 5.41) is 0. The molecular formula is C14H21N3. The Morgan fingerprint density at radius 1 is 1.29 bits per heavy atom. The smallest absolute Gasteiger partial charge is 0.0569 e. The first-order chi connectivity index (χ1) is 8.24. The van der Waals surface area contributed by atoms with E-state index < -0.39 is 0 Å². The second-order valence-electron chi connectivity index (χ2n) is 5.59. The standard InChI is InChI=1S/C14H21N3/c1-10(15)14-6-5-13(7-16-14)17-8-11-3-2-4-12(11)9-17/h5-7,10-12H,2-4,8-9,15H2,1H3. The van der Waals surface area contributed by atoms with Crippen LogP contribution in [0.2, 0.25) is 0 Å². The van der Waals surface area contributed by atoms with Gasteiger partial charge in [0, 0.05) is 19.1 Å². The molecule has 1 aromatic heterocycles. The molecule has 3 rings (SSSR count). The maximum absolute atomic E-state index is 5.82. The van der Waals surface area contributed by atoms with E-state index in [1.807, 2.05) is 13.1 Å². The van der Waals surface area contributed by atoms with E-state index in [2.05, 4.69) is 22.0 Å². The SMILES string of the molecule is CC(N)c1ccc(N2CC3CCCC3C2)cn1. The molecule has 3 nitrogen and oxygen atoms in total. The lowest BCUT2D eigenvalue weighted by Gasteiger charge is -2.19. The van der Waals surface area contributed by atoms with Crippen molar-refractivity contribution in [2.45, 2.75) is 32.2 Å². The minimum absolute atomic E-state index is 0.0296. The zero-order valence-electron chi connectivity index (χ0n) is 10.5. The number of hydrogen-bond acceptors (Lipinski definition) is 3. The molecule has 2 aliphatic rings. The van der Waals surface area contributed by atoms with Crippen LogP contribution in [0.25, 0.3) is 0 Å². The fraction of sp³-hybridized carbons (Fsp3) is 0.643. The van der Waals surface area contributed by atoms with E-state index in [-0.39, 0.29) is 6.04 Å². The van der Waals surface area contributed by atoms with E-state index in [0.29, 0.717) is 0 Å². The number of anilines is 1. The third-order valence-electron chi connectivity index (χ3n) is 4.33. The summed E-state index contributed by atoms with van der Waals surface area (Å²) in [7, 11) is 0. The van der Waals surface area contributed by atoms with Crippen molar-refractivity contribution in [1.29, 1.82) is 0 Å². The van der Waals surface area contributed by atoms with Crippen molar-refractivity contribution in [3.05, 3.63) is 24.0 Å². The van der Waals surface area contributed by atoms with Gasteiger partial charge in [-0.1, -0.05) is 6.42 Å². The number of nitrogens with zero attached hydrogens (tertiary/aromatic N) is 2. The number of rotatable bonds is 2. The van der Waals surface area contributed by atoms with Crippen molar-refractivity contribution < 1.29 is 0 Å². The summed E-state index contributed by atoms with van der Waals surface area (Å²) in [6, 6.07) is 4.27. The third-order valence-corrected chi connectivity index (χ3v) is 4.33. The van der Waals surface area contributed by atoms with Gasteiger partial charge >= 0.3 is 0 Å². The quantitative estimate of drug-likeness (QED) is 0.849. The summed E-state index contributed by atoms with van der Waals surface area (Å²) < 4.78 is 0. The molecule has 1 aromatic rings. The van der Waals surface area contributed by atoms with Gasteiger partial charge in [0.25, 0.3) is 0 Å². The van der Waals surface area contributed by atoms with Gasteiger partial charge in [0.05, 0.1) is 17.6 Å². The fourth-order valence-corrected chi connectivity index (χ4v) is 3.30. The molecule has 0 amide bonds. The van der Waals surface area contributed by atoms with Crippen molar-refractivity contribution in [3.8, 4) is 0 Å². The predicted molar refractivity (Wildman–Crippen MR) is 69.9 cm³/mol. The summed E-state index contributed by atoms with van der Waals surface area (Å²) in [6.45, 7) is 4.43. The summed E-state index contributed by atoms with van der Waals surface area (Å²) >= 11 is 0. The molecule has 1 saturated carbocycles. The highest BCUT2D eigenvalue weighted by Crippen LogP contribution is 2.39. The van der Waals surface area contributed by atoms with Crippen molar-refractivity contribution in [2.24, 2.45) is 17.6 Å². The molecule has 2 heterocycles. The van der Waals surface area contributed by atoms with E-state index in [1.165, 1.54) is 38.0 Å². The van der Waals surface area contributed by atoms with Crippen LogP contribution in [-0.2, 0) is 0 Å². The Morgan fingerprint density at radius 2 is 2.00 bits per heavy atom. The average molecular weight is 231 g/mol. The Kier molecular flexibility index (Phi) is 2.79. The van der Waals surface area contributed by atoms with E-state index in [0.717, 1.165) is 17.5 Å². The summed E-state index contributed by atoms with van der Waals surface area (Å²) in [6.07, 6.45) is 6.27. The minimum atomic E-state index is 0.0296. The molecule has 0 aromatic carbocycles. The van der Waals surface area contributed by atoms with E-state index in [9.17, 15) is 0 Å². The molecule has 3 heteroatoms. The van der Waals surface area contributed by atoms with Crippen LogP contribution in [0, 0.1) is 11.8 Å². The molecule has 2 N–H and O–H groups in total. The molecule has 0 bridgehead atoms. The highest BCUT2D eigenvalue weighted by molar-refractivity contribution is 5.46.